The molecular formula is C20H27N5OS. The number of nitrogen functional groups attached to an aromatic ring is 1. The molecule has 4 rings (SSSR count). The second-order valence-corrected chi connectivity index (χ2v) is 8.16. The minimum atomic E-state index is 0.471. The fraction of sp³-hybridized carbons (Fsp3) is 0.500. The van der Waals surface area contributed by atoms with Gasteiger partial charge in [0.1, 0.15) is 17.1 Å². The van der Waals surface area contributed by atoms with Crippen LogP contribution in [0.25, 0.3) is 21.9 Å². The van der Waals surface area contributed by atoms with Crippen LogP contribution in [0.5, 0.6) is 5.75 Å². The second-order valence-electron chi connectivity index (χ2n) is 7.28. The second kappa shape index (κ2) is 7.56. The van der Waals surface area contributed by atoms with Gasteiger partial charge in [0.25, 0.3) is 0 Å². The molecule has 0 unspecified atom stereocenters. The van der Waals surface area contributed by atoms with Crippen LogP contribution in [0.15, 0.2) is 18.2 Å². The van der Waals surface area contributed by atoms with E-state index in [2.05, 4.69) is 31.2 Å². The van der Waals surface area contributed by atoms with Crippen LogP contribution in [-0.4, -0.2) is 44.8 Å². The molecule has 1 saturated heterocycles. The summed E-state index contributed by atoms with van der Waals surface area (Å²) in [6.07, 6.45) is 5.79. The van der Waals surface area contributed by atoms with E-state index in [0.717, 1.165) is 52.5 Å². The molecular weight excluding hydrogens is 358 g/mol. The average Bonchev–Trinajstić information content (AvgIpc) is 2.98. The molecule has 1 aromatic carbocycles. The predicted octanol–water partition coefficient (Wildman–Crippen LogP) is 3.77. The van der Waals surface area contributed by atoms with E-state index in [-0.39, 0.29) is 0 Å². The zero-order valence-corrected chi connectivity index (χ0v) is 17.1. The third-order valence-corrected chi connectivity index (χ3v) is 6.53. The zero-order chi connectivity index (χ0) is 19.0. The van der Waals surface area contributed by atoms with Gasteiger partial charge in [-0.1, -0.05) is 11.9 Å². The van der Waals surface area contributed by atoms with Crippen LogP contribution in [0.4, 0.5) is 5.82 Å². The average molecular weight is 386 g/mol. The van der Waals surface area contributed by atoms with Gasteiger partial charge in [-0.15, -0.1) is 0 Å². The summed E-state index contributed by atoms with van der Waals surface area (Å²) in [6, 6.07) is 6.08. The number of hydrogen-bond acceptors (Lipinski definition) is 6. The summed E-state index contributed by atoms with van der Waals surface area (Å²) >= 11 is 1.85. The molecule has 1 aliphatic heterocycles. The zero-order valence-electron chi connectivity index (χ0n) is 16.2. The van der Waals surface area contributed by atoms with E-state index >= 15 is 0 Å². The van der Waals surface area contributed by atoms with E-state index in [4.69, 9.17) is 10.5 Å². The Balaban J connectivity index is 1.47. The molecule has 6 nitrogen and oxygen atoms in total. The third kappa shape index (κ3) is 3.58. The van der Waals surface area contributed by atoms with Crippen molar-refractivity contribution in [3.8, 4) is 5.75 Å². The molecule has 2 aromatic heterocycles. The van der Waals surface area contributed by atoms with Gasteiger partial charge in [-0.3, -0.25) is 4.31 Å². The molecule has 0 saturated carbocycles. The van der Waals surface area contributed by atoms with Crippen molar-refractivity contribution in [2.45, 2.75) is 26.2 Å². The highest BCUT2D eigenvalue weighted by Crippen LogP contribution is 2.30. The van der Waals surface area contributed by atoms with Crippen LogP contribution in [0.1, 0.15) is 25.1 Å². The Morgan fingerprint density at radius 2 is 2.04 bits per heavy atom. The Labute approximate surface area is 164 Å². The summed E-state index contributed by atoms with van der Waals surface area (Å²) in [6.45, 7) is 5.10. The normalized spacial score (nSPS) is 16.4. The number of anilines is 1. The minimum Gasteiger partial charge on any atom is -0.494 e. The number of aromatic nitrogens is 3. The van der Waals surface area contributed by atoms with E-state index < -0.39 is 0 Å². The Morgan fingerprint density at radius 3 is 2.78 bits per heavy atom. The SMILES string of the molecule is CSN1CCC(CCOc2ccc3c(c2)nc(N)c2nc(C)n(C)c23)CC1. The Kier molecular flexibility index (Phi) is 5.14. The maximum Gasteiger partial charge on any atom is 0.152 e. The van der Waals surface area contributed by atoms with E-state index in [1.807, 2.05) is 38.1 Å². The number of nitrogens with zero attached hydrogens (tertiary/aromatic N) is 4. The summed E-state index contributed by atoms with van der Waals surface area (Å²) in [7, 11) is 2.01. The Bertz CT molecular complexity index is 962. The number of piperidine rings is 1. The highest BCUT2D eigenvalue weighted by Gasteiger charge is 2.18. The molecule has 0 amide bonds. The van der Waals surface area contributed by atoms with Crippen molar-refractivity contribution in [3.63, 3.8) is 0 Å². The van der Waals surface area contributed by atoms with Crippen LogP contribution in [0.3, 0.4) is 0 Å². The molecule has 3 heterocycles. The maximum atomic E-state index is 6.14. The van der Waals surface area contributed by atoms with E-state index in [1.165, 1.54) is 25.9 Å². The van der Waals surface area contributed by atoms with Crippen molar-refractivity contribution in [2.24, 2.45) is 13.0 Å². The molecule has 0 aliphatic carbocycles. The molecule has 0 radical (unpaired) electrons. The summed E-state index contributed by atoms with van der Waals surface area (Å²) < 4.78 is 10.5. The summed E-state index contributed by atoms with van der Waals surface area (Å²) in [5.74, 6) is 3.02. The number of fused-ring (bicyclic) bond motifs is 3. The van der Waals surface area contributed by atoms with E-state index in [0.29, 0.717) is 5.82 Å². The number of rotatable bonds is 5. The van der Waals surface area contributed by atoms with Crippen molar-refractivity contribution in [2.75, 3.05) is 31.7 Å². The number of ether oxygens (including phenoxy) is 1. The van der Waals surface area contributed by atoms with Gasteiger partial charge in [0, 0.05) is 31.6 Å². The topological polar surface area (TPSA) is 69.2 Å². The molecule has 2 N–H and O–H groups in total. The summed E-state index contributed by atoms with van der Waals surface area (Å²) in [4.78, 5) is 9.09. The van der Waals surface area contributed by atoms with Crippen LogP contribution in [-0.2, 0) is 7.05 Å². The van der Waals surface area contributed by atoms with Crippen LogP contribution < -0.4 is 10.5 Å². The first-order valence-corrected chi connectivity index (χ1v) is 10.7. The third-order valence-electron chi connectivity index (χ3n) is 5.65. The van der Waals surface area contributed by atoms with Gasteiger partial charge < -0.3 is 15.0 Å². The Morgan fingerprint density at radius 1 is 1.26 bits per heavy atom. The van der Waals surface area contributed by atoms with Gasteiger partial charge in [-0.25, -0.2) is 9.97 Å². The molecule has 144 valence electrons. The number of nitrogens with two attached hydrogens (primary N) is 1. The van der Waals surface area contributed by atoms with Crippen molar-refractivity contribution < 1.29 is 4.74 Å². The lowest BCUT2D eigenvalue weighted by molar-refractivity contribution is 0.226. The summed E-state index contributed by atoms with van der Waals surface area (Å²) in [5.41, 5.74) is 8.80. The van der Waals surface area contributed by atoms with Crippen LogP contribution >= 0.6 is 11.9 Å². The smallest absolute Gasteiger partial charge is 0.152 e. The first-order chi connectivity index (χ1) is 13.1. The van der Waals surface area contributed by atoms with Gasteiger partial charge in [-0.2, -0.15) is 0 Å². The first kappa shape index (κ1) is 18.4. The maximum absolute atomic E-state index is 6.14. The highest BCUT2D eigenvalue weighted by molar-refractivity contribution is 7.96. The van der Waals surface area contributed by atoms with Gasteiger partial charge >= 0.3 is 0 Å². The molecule has 27 heavy (non-hydrogen) atoms. The number of benzene rings is 1. The predicted molar refractivity (Wildman–Crippen MR) is 113 cm³/mol. The standard InChI is InChI=1S/C20H27N5OS/c1-13-22-18-19(24(13)2)16-5-4-15(12-17(16)23-20(18)21)26-11-8-14-6-9-25(27-3)10-7-14/h4-5,12,14H,6-11H2,1-3H3,(H2,21,23). The Hall–Kier alpha value is -1.99. The fourth-order valence-electron chi connectivity index (χ4n) is 3.90. The monoisotopic (exact) mass is 385 g/mol. The van der Waals surface area contributed by atoms with E-state index in [9.17, 15) is 0 Å². The molecule has 7 heteroatoms. The van der Waals surface area contributed by atoms with Crippen LogP contribution in [0.2, 0.25) is 0 Å². The molecule has 1 fully saturated rings. The van der Waals surface area contributed by atoms with Gasteiger partial charge in [0.2, 0.25) is 0 Å². The largest absolute Gasteiger partial charge is 0.494 e. The lowest BCUT2D eigenvalue weighted by Crippen LogP contribution is -2.28. The minimum absolute atomic E-state index is 0.471. The molecule has 0 bridgehead atoms. The molecule has 3 aromatic rings. The molecule has 0 spiro atoms. The number of aryl methyl sites for hydroxylation is 2. The van der Waals surface area contributed by atoms with Crippen molar-refractivity contribution in [3.05, 3.63) is 24.0 Å². The van der Waals surface area contributed by atoms with Crippen molar-refractivity contribution in [1.82, 2.24) is 18.8 Å². The lowest BCUT2D eigenvalue weighted by Gasteiger charge is -2.29. The van der Waals surface area contributed by atoms with Crippen molar-refractivity contribution in [1.29, 1.82) is 0 Å². The number of hydrogen-bond donors (Lipinski definition) is 1. The molecule has 1 aliphatic rings. The van der Waals surface area contributed by atoms with Crippen molar-refractivity contribution >= 4 is 39.7 Å². The van der Waals surface area contributed by atoms with E-state index in [1.54, 1.807) is 0 Å². The number of imidazole rings is 1. The van der Waals surface area contributed by atoms with Gasteiger partial charge in [0.15, 0.2) is 5.82 Å². The van der Waals surface area contributed by atoms with Gasteiger partial charge in [0.05, 0.1) is 17.6 Å². The quantitative estimate of drug-likeness (QED) is 0.674. The lowest BCUT2D eigenvalue weighted by atomic mass is 9.95. The van der Waals surface area contributed by atoms with Gasteiger partial charge in [-0.05, 0) is 50.5 Å². The first-order valence-electron chi connectivity index (χ1n) is 9.51. The number of pyridine rings is 1. The fourth-order valence-corrected chi connectivity index (χ4v) is 4.47. The molecule has 0 atom stereocenters. The summed E-state index contributed by atoms with van der Waals surface area (Å²) in [5, 5.41) is 1.05. The van der Waals surface area contributed by atoms with Crippen LogP contribution in [0, 0.1) is 12.8 Å². The highest BCUT2D eigenvalue weighted by atomic mass is 32.2.